The van der Waals surface area contributed by atoms with Gasteiger partial charge in [-0.25, -0.2) is 4.39 Å². The summed E-state index contributed by atoms with van der Waals surface area (Å²) >= 11 is 9.93. The molecule has 0 N–H and O–H groups in total. The van der Waals surface area contributed by atoms with Gasteiger partial charge in [0.2, 0.25) is 17.7 Å². The summed E-state index contributed by atoms with van der Waals surface area (Å²) in [6, 6.07) is 10.4. The van der Waals surface area contributed by atoms with Gasteiger partial charge in [0.25, 0.3) is 0 Å². The molecule has 31 heavy (non-hydrogen) atoms. The lowest BCUT2D eigenvalue weighted by Crippen LogP contribution is -2.30. The van der Waals surface area contributed by atoms with Crippen LogP contribution in [0.15, 0.2) is 40.8 Å². The van der Waals surface area contributed by atoms with Crippen LogP contribution < -0.4 is 4.90 Å². The largest absolute Gasteiger partial charge is 0.421 e. The first-order valence-electron chi connectivity index (χ1n) is 9.98. The highest BCUT2D eigenvalue weighted by Gasteiger charge is 2.33. The summed E-state index contributed by atoms with van der Waals surface area (Å²) in [5, 5.41) is 8.86. The number of halogens is 3. The van der Waals surface area contributed by atoms with Crippen LogP contribution in [0.25, 0.3) is 10.1 Å². The number of aromatic nitrogens is 2. The van der Waals surface area contributed by atoms with Gasteiger partial charge in [0.05, 0.1) is 18.7 Å². The molecule has 0 bridgehead atoms. The van der Waals surface area contributed by atoms with Crippen molar-refractivity contribution < 1.29 is 13.6 Å². The zero-order chi connectivity index (χ0) is 21.7. The van der Waals surface area contributed by atoms with E-state index < -0.39 is 0 Å². The Morgan fingerprint density at radius 1 is 1.23 bits per heavy atom. The third kappa shape index (κ3) is 3.92. The van der Waals surface area contributed by atoms with E-state index in [-0.39, 0.29) is 24.7 Å². The molecule has 5 rings (SSSR count). The van der Waals surface area contributed by atoms with Crippen LogP contribution in [0.5, 0.6) is 0 Å². The molecule has 1 fully saturated rings. The number of carbonyl (C=O) groups excluding carboxylic acids is 1. The first-order valence-corrected chi connectivity index (χ1v) is 11.2. The maximum Gasteiger partial charge on any atom is 0.245 e. The minimum atomic E-state index is -0.301. The molecule has 5 nitrogen and oxygen atoms in total. The molecule has 2 aromatic carbocycles. The molecule has 2 aliphatic rings. The average molecular weight is 503 g/mol. The Morgan fingerprint density at radius 2 is 2.03 bits per heavy atom. The second-order valence-electron chi connectivity index (χ2n) is 7.91. The number of fused-ring (bicyclic) bond motifs is 1. The molecule has 1 amide bonds. The van der Waals surface area contributed by atoms with Crippen LogP contribution in [0.2, 0.25) is 5.02 Å². The van der Waals surface area contributed by atoms with Crippen LogP contribution in [-0.2, 0) is 11.3 Å². The molecule has 1 aliphatic heterocycles. The predicted octanol–water partition coefficient (Wildman–Crippen LogP) is 6.25. The van der Waals surface area contributed by atoms with E-state index in [1.54, 1.807) is 30.0 Å². The molecule has 3 aromatic rings. The maximum absolute atomic E-state index is 14.1. The molecule has 0 atom stereocenters. The van der Waals surface area contributed by atoms with Crippen LogP contribution in [0.4, 0.5) is 10.1 Å². The highest BCUT2D eigenvalue weighted by Crippen LogP contribution is 2.44. The molecule has 1 aromatic heterocycles. The Hall–Kier alpha value is -2.51. The van der Waals surface area contributed by atoms with Gasteiger partial charge in [-0.05, 0) is 65.0 Å². The van der Waals surface area contributed by atoms with Crippen molar-refractivity contribution in [3.8, 4) is 0 Å². The number of carbonyl (C=O) groups is 1. The summed E-state index contributed by atoms with van der Waals surface area (Å²) in [5.41, 5.74) is 3.30. The standard InChI is InChI=1S/C23H18BrClFN3O2/c1-12-2-3-13(8-18(12)26)11-29-19-9-15(25)6-7-16(19)21(24)17(10-20(29)30)23-28-27-22(31-23)14-4-5-14/h2-3,6-9,14H,4-5,10-11H2,1H3. The number of anilines is 1. The number of benzene rings is 2. The van der Waals surface area contributed by atoms with Crippen molar-refractivity contribution in [2.45, 2.75) is 38.6 Å². The van der Waals surface area contributed by atoms with Crippen molar-refractivity contribution in [1.29, 1.82) is 0 Å². The SMILES string of the molecule is Cc1ccc(CN2C(=O)CC(c3nnc(C4CC4)o3)=C(Br)c3ccc(Cl)cc32)cc1F. The fraction of sp³-hybridized carbons (Fsp3) is 0.261. The van der Waals surface area contributed by atoms with Crippen LogP contribution in [0, 0.1) is 12.7 Å². The van der Waals surface area contributed by atoms with Crippen LogP contribution >= 0.6 is 27.5 Å². The van der Waals surface area contributed by atoms with E-state index in [9.17, 15) is 9.18 Å². The Balaban J connectivity index is 1.57. The van der Waals surface area contributed by atoms with Crippen molar-refractivity contribution in [3.63, 3.8) is 0 Å². The molecule has 158 valence electrons. The fourth-order valence-electron chi connectivity index (χ4n) is 3.65. The third-order valence-electron chi connectivity index (χ3n) is 5.58. The molecular weight excluding hydrogens is 485 g/mol. The summed E-state index contributed by atoms with van der Waals surface area (Å²) < 4.78 is 20.7. The fourth-order valence-corrected chi connectivity index (χ4v) is 4.46. The van der Waals surface area contributed by atoms with Crippen molar-refractivity contribution in [1.82, 2.24) is 10.2 Å². The topological polar surface area (TPSA) is 59.2 Å². The summed E-state index contributed by atoms with van der Waals surface area (Å²) in [4.78, 5) is 15.0. The lowest BCUT2D eigenvalue weighted by atomic mass is 10.1. The van der Waals surface area contributed by atoms with E-state index in [1.807, 2.05) is 12.1 Å². The van der Waals surface area contributed by atoms with Gasteiger partial charge in [-0.1, -0.05) is 29.8 Å². The Bertz CT molecular complexity index is 1240. The van der Waals surface area contributed by atoms with Gasteiger partial charge < -0.3 is 9.32 Å². The minimum absolute atomic E-state index is 0.0630. The van der Waals surface area contributed by atoms with Crippen LogP contribution in [-0.4, -0.2) is 16.1 Å². The van der Waals surface area contributed by atoms with Gasteiger partial charge in [0.15, 0.2) is 0 Å². The number of amides is 1. The number of nitrogens with zero attached hydrogens (tertiary/aromatic N) is 3. The molecule has 2 heterocycles. The number of hydrogen-bond acceptors (Lipinski definition) is 4. The zero-order valence-corrected chi connectivity index (χ0v) is 19.0. The van der Waals surface area contributed by atoms with Gasteiger partial charge in [0, 0.05) is 26.6 Å². The molecule has 1 aliphatic carbocycles. The van der Waals surface area contributed by atoms with Crippen molar-refractivity contribution in [2.24, 2.45) is 0 Å². The van der Waals surface area contributed by atoms with Gasteiger partial charge in [0.1, 0.15) is 5.82 Å². The first-order chi connectivity index (χ1) is 14.9. The number of aryl methyl sites for hydroxylation is 1. The summed E-state index contributed by atoms with van der Waals surface area (Å²) in [6.45, 7) is 1.92. The van der Waals surface area contributed by atoms with Gasteiger partial charge in [-0.2, -0.15) is 0 Å². The van der Waals surface area contributed by atoms with E-state index in [0.717, 1.165) is 18.4 Å². The second-order valence-corrected chi connectivity index (χ2v) is 9.14. The van der Waals surface area contributed by atoms with E-state index in [0.29, 0.717) is 49.6 Å². The smallest absolute Gasteiger partial charge is 0.245 e. The van der Waals surface area contributed by atoms with Crippen LogP contribution in [0.1, 0.15) is 53.7 Å². The second kappa shape index (κ2) is 7.88. The van der Waals surface area contributed by atoms with Crippen molar-refractivity contribution in [2.75, 3.05) is 4.90 Å². The lowest BCUT2D eigenvalue weighted by molar-refractivity contribution is -0.117. The average Bonchev–Trinajstić information content (AvgIpc) is 3.50. The molecule has 0 radical (unpaired) electrons. The molecule has 0 saturated heterocycles. The molecule has 8 heteroatoms. The van der Waals surface area contributed by atoms with Crippen molar-refractivity contribution in [3.05, 3.63) is 75.7 Å². The van der Waals surface area contributed by atoms with Crippen LogP contribution in [0.3, 0.4) is 0 Å². The maximum atomic E-state index is 14.1. The zero-order valence-electron chi connectivity index (χ0n) is 16.7. The lowest BCUT2D eigenvalue weighted by Gasteiger charge is -2.24. The minimum Gasteiger partial charge on any atom is -0.421 e. The Labute approximate surface area is 192 Å². The molecule has 0 spiro atoms. The van der Waals surface area contributed by atoms with E-state index in [4.69, 9.17) is 16.0 Å². The highest BCUT2D eigenvalue weighted by molar-refractivity contribution is 9.15. The summed E-state index contributed by atoms with van der Waals surface area (Å²) in [5.74, 6) is 0.805. The van der Waals surface area contributed by atoms with E-state index >= 15 is 0 Å². The van der Waals surface area contributed by atoms with Crippen molar-refractivity contribution >= 4 is 49.2 Å². The van der Waals surface area contributed by atoms with Gasteiger partial charge in [-0.15, -0.1) is 10.2 Å². The van der Waals surface area contributed by atoms with Gasteiger partial charge >= 0.3 is 0 Å². The quantitative estimate of drug-likeness (QED) is 0.423. The number of hydrogen-bond donors (Lipinski definition) is 0. The number of rotatable bonds is 4. The van der Waals surface area contributed by atoms with E-state index in [1.165, 1.54) is 6.07 Å². The monoisotopic (exact) mass is 501 g/mol. The predicted molar refractivity (Wildman–Crippen MR) is 120 cm³/mol. The molecule has 1 saturated carbocycles. The molecular formula is C23H18BrClFN3O2. The Kier molecular flexibility index (Phi) is 5.18. The molecule has 0 unspecified atom stereocenters. The summed E-state index contributed by atoms with van der Waals surface area (Å²) in [7, 11) is 0. The van der Waals surface area contributed by atoms with E-state index in [2.05, 4.69) is 26.1 Å². The highest BCUT2D eigenvalue weighted by atomic mass is 79.9. The summed E-state index contributed by atoms with van der Waals surface area (Å²) in [6.07, 6.45) is 2.15. The normalized spacial score (nSPS) is 16.5. The Morgan fingerprint density at radius 3 is 2.77 bits per heavy atom. The third-order valence-corrected chi connectivity index (χ3v) is 6.72. The first kappa shape index (κ1) is 20.4. The van der Waals surface area contributed by atoms with Gasteiger partial charge in [-0.3, -0.25) is 4.79 Å².